The number of hydrogen-bond acceptors (Lipinski definition) is 4. The zero-order valence-electron chi connectivity index (χ0n) is 13.5. The second kappa shape index (κ2) is 7.11. The first kappa shape index (κ1) is 15.3. The molecule has 0 spiro atoms. The molecule has 3 rings (SSSR count). The third kappa shape index (κ3) is 3.41. The topological polar surface area (TPSA) is 43.2 Å². The van der Waals surface area contributed by atoms with Crippen molar-refractivity contribution in [2.75, 3.05) is 31.1 Å². The van der Waals surface area contributed by atoms with E-state index in [9.17, 15) is 5.26 Å². The van der Waals surface area contributed by atoms with Gasteiger partial charge in [0.05, 0.1) is 17.4 Å². The number of hydrogen-bond donors (Lipinski definition) is 0. The van der Waals surface area contributed by atoms with E-state index in [1.165, 1.54) is 45.2 Å². The summed E-state index contributed by atoms with van der Waals surface area (Å²) in [5.74, 6) is 0.709. The zero-order valence-corrected chi connectivity index (χ0v) is 13.5. The van der Waals surface area contributed by atoms with Gasteiger partial charge in [0.2, 0.25) is 0 Å². The van der Waals surface area contributed by atoms with Crippen LogP contribution in [0.2, 0.25) is 0 Å². The highest BCUT2D eigenvalue weighted by Gasteiger charge is 2.26. The van der Waals surface area contributed by atoms with E-state index < -0.39 is 0 Å². The Kier molecular flexibility index (Phi) is 4.94. The summed E-state index contributed by atoms with van der Waals surface area (Å²) >= 11 is 0. The molecule has 0 N–H and O–H groups in total. The van der Waals surface area contributed by atoms with Crippen LogP contribution in [0.15, 0.2) is 18.5 Å². The Hall–Kier alpha value is -1.60. The maximum absolute atomic E-state index is 9.30. The van der Waals surface area contributed by atoms with Crippen LogP contribution in [0, 0.1) is 17.2 Å². The summed E-state index contributed by atoms with van der Waals surface area (Å²) in [7, 11) is 0. The van der Waals surface area contributed by atoms with E-state index in [4.69, 9.17) is 0 Å². The molecule has 0 aromatic carbocycles. The predicted molar refractivity (Wildman–Crippen MR) is 88.8 cm³/mol. The molecule has 2 aliphatic rings. The molecule has 2 aliphatic heterocycles. The molecule has 2 atom stereocenters. The number of anilines is 1. The normalized spacial score (nSPS) is 26.6. The van der Waals surface area contributed by atoms with Crippen molar-refractivity contribution in [2.45, 2.75) is 45.1 Å². The van der Waals surface area contributed by atoms with Crippen molar-refractivity contribution in [2.24, 2.45) is 5.92 Å². The molecule has 2 fully saturated rings. The maximum atomic E-state index is 9.30. The van der Waals surface area contributed by atoms with E-state index in [2.05, 4.69) is 27.8 Å². The summed E-state index contributed by atoms with van der Waals surface area (Å²) in [5.41, 5.74) is 1.77. The molecular weight excluding hydrogens is 272 g/mol. The highest BCUT2D eigenvalue weighted by Crippen LogP contribution is 2.27. The van der Waals surface area contributed by atoms with Crippen LogP contribution >= 0.6 is 0 Å². The van der Waals surface area contributed by atoms with Gasteiger partial charge >= 0.3 is 0 Å². The smallest absolute Gasteiger partial charge is 0.101 e. The molecule has 1 aromatic heterocycles. The summed E-state index contributed by atoms with van der Waals surface area (Å²) in [6.07, 6.45) is 10.2. The Morgan fingerprint density at radius 2 is 2.18 bits per heavy atom. The van der Waals surface area contributed by atoms with Gasteiger partial charge in [-0.15, -0.1) is 0 Å². The Bertz CT molecular complexity index is 536. The summed E-state index contributed by atoms with van der Waals surface area (Å²) < 4.78 is 0. The minimum absolute atomic E-state index is 0.709. The van der Waals surface area contributed by atoms with Crippen LogP contribution in [0.5, 0.6) is 0 Å². The Morgan fingerprint density at radius 3 is 3.00 bits per heavy atom. The molecule has 0 bridgehead atoms. The third-order valence-corrected chi connectivity index (χ3v) is 5.21. The van der Waals surface area contributed by atoms with Gasteiger partial charge in [-0.3, -0.25) is 4.98 Å². The maximum Gasteiger partial charge on any atom is 0.101 e. The molecule has 4 heteroatoms. The van der Waals surface area contributed by atoms with Gasteiger partial charge in [-0.25, -0.2) is 0 Å². The van der Waals surface area contributed by atoms with Crippen molar-refractivity contribution < 1.29 is 0 Å². The molecular formula is C18H26N4. The fourth-order valence-electron chi connectivity index (χ4n) is 3.93. The summed E-state index contributed by atoms with van der Waals surface area (Å²) in [5, 5.41) is 9.30. The van der Waals surface area contributed by atoms with Crippen LogP contribution in [0.25, 0.3) is 0 Å². The first-order valence-corrected chi connectivity index (χ1v) is 8.61. The van der Waals surface area contributed by atoms with Crippen molar-refractivity contribution in [1.82, 2.24) is 9.88 Å². The van der Waals surface area contributed by atoms with Crippen LogP contribution in [0.1, 0.15) is 44.6 Å². The van der Waals surface area contributed by atoms with Crippen LogP contribution in [0.3, 0.4) is 0 Å². The van der Waals surface area contributed by atoms with Crippen molar-refractivity contribution in [3.8, 4) is 6.07 Å². The molecule has 0 aliphatic carbocycles. The van der Waals surface area contributed by atoms with Gasteiger partial charge in [-0.2, -0.15) is 5.26 Å². The second-order valence-electron chi connectivity index (χ2n) is 6.80. The molecule has 2 saturated heterocycles. The number of pyridine rings is 1. The Balaban J connectivity index is 1.65. The fourth-order valence-corrected chi connectivity index (χ4v) is 3.93. The summed E-state index contributed by atoms with van der Waals surface area (Å²) in [6, 6.07) is 4.86. The van der Waals surface area contributed by atoms with Gasteiger partial charge in [0, 0.05) is 31.9 Å². The first-order chi connectivity index (χ1) is 10.8. The van der Waals surface area contributed by atoms with E-state index >= 15 is 0 Å². The van der Waals surface area contributed by atoms with E-state index in [1.807, 2.05) is 12.3 Å². The number of piperidine rings is 2. The van der Waals surface area contributed by atoms with Crippen LogP contribution in [-0.2, 0) is 0 Å². The van der Waals surface area contributed by atoms with Crippen molar-refractivity contribution in [3.05, 3.63) is 24.0 Å². The molecule has 1 aromatic rings. The van der Waals surface area contributed by atoms with Crippen molar-refractivity contribution in [1.29, 1.82) is 5.26 Å². The zero-order chi connectivity index (χ0) is 15.4. The lowest BCUT2D eigenvalue weighted by Crippen LogP contribution is -2.45. The van der Waals surface area contributed by atoms with E-state index in [1.54, 1.807) is 6.20 Å². The number of aromatic nitrogens is 1. The van der Waals surface area contributed by atoms with Gasteiger partial charge in [-0.1, -0.05) is 6.42 Å². The average molecular weight is 298 g/mol. The minimum atomic E-state index is 0.709. The lowest BCUT2D eigenvalue weighted by Gasteiger charge is -2.40. The van der Waals surface area contributed by atoms with Gasteiger partial charge in [-0.05, 0) is 51.1 Å². The monoisotopic (exact) mass is 298 g/mol. The SMILES string of the molecule is C[C@H]1CCCCN1C[C@H]1CCCN(c2cnccc2C#N)C1. The molecule has 0 saturated carbocycles. The van der Waals surface area contributed by atoms with Gasteiger partial charge in [0.1, 0.15) is 6.07 Å². The van der Waals surface area contributed by atoms with Crippen LogP contribution < -0.4 is 4.90 Å². The second-order valence-corrected chi connectivity index (χ2v) is 6.80. The fraction of sp³-hybridized carbons (Fsp3) is 0.667. The lowest BCUT2D eigenvalue weighted by molar-refractivity contribution is 0.130. The molecule has 0 amide bonds. The molecule has 118 valence electrons. The Morgan fingerprint density at radius 1 is 1.27 bits per heavy atom. The number of nitrogens with zero attached hydrogens (tertiary/aromatic N) is 4. The van der Waals surface area contributed by atoms with E-state index in [0.717, 1.165) is 30.4 Å². The molecule has 3 heterocycles. The molecule has 0 radical (unpaired) electrons. The van der Waals surface area contributed by atoms with Crippen LogP contribution in [-0.4, -0.2) is 42.1 Å². The van der Waals surface area contributed by atoms with E-state index in [-0.39, 0.29) is 0 Å². The van der Waals surface area contributed by atoms with Gasteiger partial charge in [0.15, 0.2) is 0 Å². The first-order valence-electron chi connectivity index (χ1n) is 8.61. The standard InChI is InChI=1S/C18H26N4/c1-15-5-2-3-9-21(15)13-16-6-4-10-22(14-16)18-12-20-8-7-17(18)11-19/h7-8,12,15-16H,2-6,9-10,13-14H2,1H3/t15-,16+/m0/s1. The van der Waals surface area contributed by atoms with Crippen molar-refractivity contribution >= 4 is 5.69 Å². The third-order valence-electron chi connectivity index (χ3n) is 5.21. The lowest BCUT2D eigenvalue weighted by atomic mass is 9.94. The predicted octanol–water partition coefficient (Wildman–Crippen LogP) is 3.04. The van der Waals surface area contributed by atoms with Crippen LogP contribution in [0.4, 0.5) is 5.69 Å². The van der Waals surface area contributed by atoms with E-state index in [0.29, 0.717) is 5.92 Å². The minimum Gasteiger partial charge on any atom is -0.369 e. The molecule has 22 heavy (non-hydrogen) atoms. The number of nitriles is 1. The van der Waals surface area contributed by atoms with Crippen molar-refractivity contribution in [3.63, 3.8) is 0 Å². The quantitative estimate of drug-likeness (QED) is 0.860. The molecule has 0 unspecified atom stereocenters. The number of rotatable bonds is 3. The van der Waals surface area contributed by atoms with Gasteiger partial charge < -0.3 is 9.80 Å². The summed E-state index contributed by atoms with van der Waals surface area (Å²) in [6.45, 7) is 6.94. The molecule has 4 nitrogen and oxygen atoms in total. The number of likely N-dealkylation sites (tertiary alicyclic amines) is 1. The van der Waals surface area contributed by atoms with Gasteiger partial charge in [0.25, 0.3) is 0 Å². The average Bonchev–Trinajstić information content (AvgIpc) is 2.57. The Labute approximate surface area is 133 Å². The largest absolute Gasteiger partial charge is 0.369 e. The highest BCUT2D eigenvalue weighted by atomic mass is 15.2. The highest BCUT2D eigenvalue weighted by molar-refractivity contribution is 5.57. The summed E-state index contributed by atoms with van der Waals surface area (Å²) in [4.78, 5) is 9.26.